The van der Waals surface area contributed by atoms with E-state index in [-0.39, 0.29) is 5.97 Å². The van der Waals surface area contributed by atoms with Gasteiger partial charge in [0.1, 0.15) is 5.75 Å². The van der Waals surface area contributed by atoms with E-state index in [1.807, 2.05) is 26.1 Å². The highest BCUT2D eigenvalue weighted by molar-refractivity contribution is 5.70. The Balaban J connectivity index is 2.91. The summed E-state index contributed by atoms with van der Waals surface area (Å²) in [5.74, 6) is 0.326. The van der Waals surface area contributed by atoms with Crippen molar-refractivity contribution in [3.8, 4) is 5.75 Å². The van der Waals surface area contributed by atoms with Crippen molar-refractivity contribution in [2.75, 3.05) is 12.4 Å². The van der Waals surface area contributed by atoms with Gasteiger partial charge < -0.3 is 10.1 Å². The fourth-order valence-corrected chi connectivity index (χ4v) is 1.07. The smallest absolute Gasteiger partial charge is 0.308 e. The van der Waals surface area contributed by atoms with Crippen molar-refractivity contribution in [2.45, 2.75) is 13.8 Å². The number of nitrogens with one attached hydrogen (secondary N) is 1. The number of esters is 1. The highest BCUT2D eigenvalue weighted by Gasteiger charge is 2.02. The largest absolute Gasteiger partial charge is 0.426 e. The Morgan fingerprint density at radius 3 is 2.62 bits per heavy atom. The normalized spacial score (nSPS) is 9.46. The molecular weight excluding hydrogens is 166 g/mol. The highest BCUT2D eigenvalue weighted by Crippen LogP contribution is 2.21. The van der Waals surface area contributed by atoms with Gasteiger partial charge in [0, 0.05) is 19.7 Å². The summed E-state index contributed by atoms with van der Waals surface area (Å²) in [4.78, 5) is 10.7. The highest BCUT2D eigenvalue weighted by atomic mass is 16.5. The Morgan fingerprint density at radius 1 is 1.46 bits per heavy atom. The Morgan fingerprint density at radius 2 is 2.15 bits per heavy atom. The summed E-state index contributed by atoms with van der Waals surface area (Å²) in [6.45, 7) is 3.30. The van der Waals surface area contributed by atoms with Gasteiger partial charge in [-0.15, -0.1) is 0 Å². The molecule has 0 aliphatic rings. The Labute approximate surface area is 77.7 Å². The zero-order valence-electron chi connectivity index (χ0n) is 8.05. The molecule has 0 radical (unpaired) electrons. The molecule has 0 atom stereocenters. The molecule has 0 amide bonds. The van der Waals surface area contributed by atoms with Crippen molar-refractivity contribution >= 4 is 11.7 Å². The third-order valence-electron chi connectivity index (χ3n) is 1.72. The van der Waals surface area contributed by atoms with Crippen molar-refractivity contribution in [1.29, 1.82) is 0 Å². The minimum absolute atomic E-state index is 0.291. The molecule has 70 valence electrons. The van der Waals surface area contributed by atoms with Gasteiger partial charge >= 0.3 is 5.97 Å². The van der Waals surface area contributed by atoms with E-state index in [4.69, 9.17) is 4.74 Å². The summed E-state index contributed by atoms with van der Waals surface area (Å²) >= 11 is 0. The average molecular weight is 179 g/mol. The van der Waals surface area contributed by atoms with Crippen LogP contribution in [0, 0.1) is 6.92 Å². The molecule has 0 unspecified atom stereocenters. The van der Waals surface area contributed by atoms with Crippen LogP contribution in [-0.4, -0.2) is 13.0 Å². The van der Waals surface area contributed by atoms with Crippen molar-refractivity contribution in [3.05, 3.63) is 23.8 Å². The van der Waals surface area contributed by atoms with Gasteiger partial charge in [0.15, 0.2) is 0 Å². The van der Waals surface area contributed by atoms with E-state index in [2.05, 4.69) is 5.32 Å². The number of anilines is 1. The minimum atomic E-state index is -0.291. The van der Waals surface area contributed by atoms with E-state index in [1.54, 1.807) is 6.07 Å². The first-order chi connectivity index (χ1) is 6.13. The van der Waals surface area contributed by atoms with Crippen molar-refractivity contribution < 1.29 is 9.53 Å². The topological polar surface area (TPSA) is 38.3 Å². The Kier molecular flexibility index (Phi) is 2.90. The van der Waals surface area contributed by atoms with Crippen LogP contribution in [-0.2, 0) is 4.79 Å². The molecule has 0 aliphatic carbocycles. The third kappa shape index (κ3) is 2.47. The second-order valence-corrected chi connectivity index (χ2v) is 2.82. The van der Waals surface area contributed by atoms with Gasteiger partial charge in [-0.1, -0.05) is 0 Å². The summed E-state index contributed by atoms with van der Waals surface area (Å²) in [7, 11) is 1.85. The zero-order chi connectivity index (χ0) is 9.84. The fraction of sp³-hybridized carbons (Fsp3) is 0.300. The van der Waals surface area contributed by atoms with Crippen LogP contribution in [0.1, 0.15) is 12.5 Å². The van der Waals surface area contributed by atoms with Gasteiger partial charge in [-0.2, -0.15) is 0 Å². The molecule has 1 N–H and O–H groups in total. The molecule has 1 aromatic carbocycles. The van der Waals surface area contributed by atoms with E-state index in [0.29, 0.717) is 5.75 Å². The van der Waals surface area contributed by atoms with Gasteiger partial charge in [-0.05, 0) is 30.7 Å². The second-order valence-electron chi connectivity index (χ2n) is 2.82. The summed E-state index contributed by atoms with van der Waals surface area (Å²) in [5.41, 5.74) is 1.95. The third-order valence-corrected chi connectivity index (χ3v) is 1.72. The van der Waals surface area contributed by atoms with Crippen LogP contribution in [0.25, 0.3) is 0 Å². The quantitative estimate of drug-likeness (QED) is 0.557. The lowest BCUT2D eigenvalue weighted by Gasteiger charge is -2.07. The van der Waals surface area contributed by atoms with Crippen LogP contribution >= 0.6 is 0 Å². The summed E-state index contributed by atoms with van der Waals surface area (Å²) in [6.07, 6.45) is 0. The molecule has 0 bridgehead atoms. The molecule has 0 fully saturated rings. The lowest BCUT2D eigenvalue weighted by atomic mass is 10.2. The maximum absolute atomic E-state index is 10.7. The zero-order valence-corrected chi connectivity index (χ0v) is 8.05. The van der Waals surface area contributed by atoms with E-state index in [9.17, 15) is 4.79 Å². The molecule has 13 heavy (non-hydrogen) atoms. The maximum Gasteiger partial charge on any atom is 0.308 e. The molecule has 0 aliphatic heterocycles. The fourth-order valence-electron chi connectivity index (χ4n) is 1.07. The molecule has 1 rings (SSSR count). The molecule has 0 spiro atoms. The van der Waals surface area contributed by atoms with Gasteiger partial charge in [0.05, 0.1) is 0 Å². The molecule has 3 nitrogen and oxygen atoms in total. The van der Waals surface area contributed by atoms with Crippen LogP contribution in [0.5, 0.6) is 5.75 Å². The number of carbonyl (C=O) groups is 1. The number of hydrogen-bond donors (Lipinski definition) is 1. The predicted octanol–water partition coefficient (Wildman–Crippen LogP) is 1.96. The van der Waals surface area contributed by atoms with E-state index < -0.39 is 0 Å². The van der Waals surface area contributed by atoms with Gasteiger partial charge in [0.25, 0.3) is 0 Å². The van der Waals surface area contributed by atoms with Crippen LogP contribution < -0.4 is 10.1 Å². The molecule has 0 heterocycles. The van der Waals surface area contributed by atoms with Crippen LogP contribution in [0.3, 0.4) is 0 Å². The first kappa shape index (κ1) is 9.58. The number of benzene rings is 1. The lowest BCUT2D eigenvalue weighted by molar-refractivity contribution is -0.131. The van der Waals surface area contributed by atoms with E-state index >= 15 is 0 Å². The Hall–Kier alpha value is -1.51. The van der Waals surface area contributed by atoms with Crippen LogP contribution in [0.2, 0.25) is 0 Å². The minimum Gasteiger partial charge on any atom is -0.426 e. The number of aryl methyl sites for hydroxylation is 1. The number of ether oxygens (including phenoxy) is 1. The molecule has 3 heteroatoms. The summed E-state index contributed by atoms with van der Waals surface area (Å²) in [5, 5.41) is 3.01. The molecule has 1 aromatic rings. The molecular formula is C10H13NO2. The van der Waals surface area contributed by atoms with Crippen LogP contribution in [0.15, 0.2) is 18.2 Å². The Bertz CT molecular complexity index is 321. The first-order valence-corrected chi connectivity index (χ1v) is 4.10. The number of hydrogen-bond acceptors (Lipinski definition) is 3. The van der Waals surface area contributed by atoms with Crippen molar-refractivity contribution in [1.82, 2.24) is 0 Å². The molecule has 0 saturated heterocycles. The lowest BCUT2D eigenvalue weighted by Crippen LogP contribution is -2.02. The van der Waals surface area contributed by atoms with Gasteiger partial charge in [-0.3, -0.25) is 4.79 Å². The first-order valence-electron chi connectivity index (χ1n) is 4.10. The SMILES string of the molecule is CNc1ccc(OC(C)=O)c(C)c1. The summed E-state index contributed by atoms with van der Waals surface area (Å²) in [6, 6.07) is 5.58. The average Bonchev–Trinajstić information content (AvgIpc) is 2.08. The van der Waals surface area contributed by atoms with Crippen molar-refractivity contribution in [3.63, 3.8) is 0 Å². The second kappa shape index (κ2) is 3.94. The van der Waals surface area contributed by atoms with Gasteiger partial charge in [0.2, 0.25) is 0 Å². The van der Waals surface area contributed by atoms with Crippen LogP contribution in [0.4, 0.5) is 5.69 Å². The van der Waals surface area contributed by atoms with Crippen molar-refractivity contribution in [2.24, 2.45) is 0 Å². The summed E-state index contributed by atoms with van der Waals surface area (Å²) < 4.78 is 4.98. The predicted molar refractivity (Wildman–Crippen MR) is 52.0 cm³/mol. The molecule has 0 saturated carbocycles. The standard InChI is InChI=1S/C10H13NO2/c1-7-6-9(11-3)4-5-10(7)13-8(2)12/h4-6,11H,1-3H3. The molecule has 0 aromatic heterocycles. The maximum atomic E-state index is 10.7. The van der Waals surface area contributed by atoms with E-state index in [0.717, 1.165) is 11.3 Å². The monoisotopic (exact) mass is 179 g/mol. The van der Waals surface area contributed by atoms with Gasteiger partial charge in [-0.25, -0.2) is 0 Å². The number of carbonyl (C=O) groups excluding carboxylic acids is 1. The number of rotatable bonds is 2. The van der Waals surface area contributed by atoms with E-state index in [1.165, 1.54) is 6.92 Å².